The summed E-state index contributed by atoms with van der Waals surface area (Å²) in [5.74, 6) is 0.824. The van der Waals surface area contributed by atoms with E-state index in [2.05, 4.69) is 28.2 Å². The molecule has 3 aliphatic heterocycles. The Morgan fingerprint density at radius 2 is 1.86 bits per heavy atom. The summed E-state index contributed by atoms with van der Waals surface area (Å²) in [6, 6.07) is 6.96. The first-order valence-corrected chi connectivity index (χ1v) is 12.0. The molecule has 0 aliphatic carbocycles. The van der Waals surface area contributed by atoms with Crippen LogP contribution in [0, 0.1) is 13.8 Å². The second-order valence-corrected chi connectivity index (χ2v) is 9.31. The van der Waals surface area contributed by atoms with Gasteiger partial charge < -0.3 is 19.9 Å². The Hall–Kier alpha value is -3.82. The van der Waals surface area contributed by atoms with Crippen LogP contribution in [0.15, 0.2) is 30.5 Å². The molecular formula is C25H30N6O4. The van der Waals surface area contributed by atoms with Crippen molar-refractivity contribution in [2.45, 2.75) is 26.8 Å². The second kappa shape index (κ2) is 9.09. The predicted molar refractivity (Wildman–Crippen MR) is 132 cm³/mol. The Labute approximate surface area is 204 Å². The molecule has 10 nitrogen and oxygen atoms in total. The molecule has 0 bridgehead atoms. The van der Waals surface area contributed by atoms with E-state index in [-0.39, 0.29) is 18.0 Å². The van der Waals surface area contributed by atoms with E-state index in [1.807, 2.05) is 24.9 Å². The number of benzene rings is 1. The number of carbonyl (C=O) groups is 3. The molecule has 1 aromatic heterocycles. The van der Waals surface area contributed by atoms with Gasteiger partial charge in [0.2, 0.25) is 0 Å². The quantitative estimate of drug-likeness (QED) is 0.725. The van der Waals surface area contributed by atoms with Crippen molar-refractivity contribution in [3.8, 4) is 0 Å². The van der Waals surface area contributed by atoms with Gasteiger partial charge in [0.25, 0.3) is 5.91 Å². The normalized spacial score (nSPS) is 20.4. The van der Waals surface area contributed by atoms with Crippen molar-refractivity contribution in [2.24, 2.45) is 0 Å². The summed E-state index contributed by atoms with van der Waals surface area (Å²) in [5, 5.41) is 2.80. The first-order valence-electron chi connectivity index (χ1n) is 12.0. The molecule has 4 amide bonds. The van der Waals surface area contributed by atoms with Crippen LogP contribution in [0.25, 0.3) is 0 Å². The molecule has 0 spiro atoms. The molecule has 3 aliphatic rings. The average molecular weight is 479 g/mol. The molecule has 5 rings (SSSR count). The molecular weight excluding hydrogens is 448 g/mol. The Bertz CT molecular complexity index is 1180. The zero-order valence-corrected chi connectivity index (χ0v) is 20.3. The van der Waals surface area contributed by atoms with E-state index in [0.29, 0.717) is 62.8 Å². The molecule has 0 saturated carbocycles. The van der Waals surface area contributed by atoms with Crippen LogP contribution < -0.4 is 20.0 Å². The van der Waals surface area contributed by atoms with Crippen LogP contribution in [-0.4, -0.2) is 79.8 Å². The monoisotopic (exact) mass is 478 g/mol. The number of carbonyl (C=O) groups excluding carboxylic acids is 3. The third-order valence-electron chi connectivity index (χ3n) is 6.78. The van der Waals surface area contributed by atoms with Crippen molar-refractivity contribution in [1.82, 2.24) is 15.2 Å². The third kappa shape index (κ3) is 4.24. The molecule has 35 heavy (non-hydrogen) atoms. The summed E-state index contributed by atoms with van der Waals surface area (Å²) < 4.78 is 5.16. The number of ether oxygens (including phenoxy) is 1. The number of rotatable bonds is 4. The summed E-state index contributed by atoms with van der Waals surface area (Å²) in [7, 11) is 0. The topological polar surface area (TPSA) is 98.3 Å². The number of urea groups is 1. The van der Waals surface area contributed by atoms with Gasteiger partial charge in [-0.25, -0.2) is 14.6 Å². The van der Waals surface area contributed by atoms with Gasteiger partial charge in [-0.1, -0.05) is 6.07 Å². The van der Waals surface area contributed by atoms with Crippen LogP contribution in [0.4, 0.5) is 26.8 Å². The molecule has 4 heterocycles. The highest BCUT2D eigenvalue weighted by Gasteiger charge is 2.34. The van der Waals surface area contributed by atoms with Gasteiger partial charge in [0, 0.05) is 51.2 Å². The Balaban J connectivity index is 1.39. The molecule has 3 saturated heterocycles. The number of anilines is 3. The maximum Gasteiger partial charge on any atom is 0.414 e. The highest BCUT2D eigenvalue weighted by atomic mass is 16.6. The van der Waals surface area contributed by atoms with Crippen LogP contribution >= 0.6 is 0 Å². The number of cyclic esters (lactones) is 1. The van der Waals surface area contributed by atoms with Gasteiger partial charge in [-0.15, -0.1) is 0 Å². The number of hydrogen-bond donors (Lipinski definition) is 1. The van der Waals surface area contributed by atoms with Gasteiger partial charge >= 0.3 is 12.1 Å². The lowest BCUT2D eigenvalue weighted by molar-refractivity contribution is 0.0747. The van der Waals surface area contributed by atoms with Gasteiger partial charge in [0.15, 0.2) is 0 Å². The van der Waals surface area contributed by atoms with Crippen molar-refractivity contribution in [3.63, 3.8) is 0 Å². The van der Waals surface area contributed by atoms with E-state index in [4.69, 9.17) is 4.74 Å². The Morgan fingerprint density at radius 1 is 1.09 bits per heavy atom. The summed E-state index contributed by atoms with van der Waals surface area (Å²) in [6.45, 7) is 9.70. The lowest BCUT2D eigenvalue weighted by atomic mass is 10.1. The number of nitrogens with one attached hydrogen (secondary N) is 1. The molecule has 0 radical (unpaired) electrons. The number of pyridine rings is 1. The maximum atomic E-state index is 13.6. The number of piperazine rings is 1. The minimum atomic E-state index is -0.426. The van der Waals surface area contributed by atoms with Gasteiger partial charge in [0.1, 0.15) is 12.4 Å². The zero-order chi connectivity index (χ0) is 24.7. The predicted octanol–water partition coefficient (Wildman–Crippen LogP) is 2.54. The fourth-order valence-electron chi connectivity index (χ4n) is 4.98. The molecule has 0 unspecified atom stereocenters. The fourth-order valence-corrected chi connectivity index (χ4v) is 4.98. The number of amides is 4. The van der Waals surface area contributed by atoms with E-state index in [1.165, 1.54) is 0 Å². The number of hydrogen-bond acceptors (Lipinski definition) is 6. The Morgan fingerprint density at radius 3 is 2.49 bits per heavy atom. The molecule has 184 valence electrons. The van der Waals surface area contributed by atoms with Crippen LogP contribution in [0.1, 0.15) is 28.4 Å². The lowest BCUT2D eigenvalue weighted by Gasteiger charge is -2.36. The molecule has 3 fully saturated rings. The van der Waals surface area contributed by atoms with Crippen LogP contribution in [0.3, 0.4) is 0 Å². The Kier molecular flexibility index (Phi) is 5.96. The van der Waals surface area contributed by atoms with E-state index < -0.39 is 6.09 Å². The SMILES string of the molecule is Cc1cnc(N2CCN(C(=O)c3ccc(N4C(=O)OC[C@H]4C)cc3N3CCNC3=O)CC2)c(C)c1. The van der Waals surface area contributed by atoms with Crippen molar-refractivity contribution in [3.05, 3.63) is 47.2 Å². The molecule has 2 aromatic rings. The molecule has 1 aromatic carbocycles. The number of aryl methyl sites for hydroxylation is 2. The lowest BCUT2D eigenvalue weighted by Crippen LogP contribution is -2.49. The molecule has 1 atom stereocenters. The molecule has 1 N–H and O–H groups in total. The maximum absolute atomic E-state index is 13.6. The van der Waals surface area contributed by atoms with E-state index in [0.717, 1.165) is 16.9 Å². The highest BCUT2D eigenvalue weighted by molar-refractivity contribution is 6.06. The fraction of sp³-hybridized carbons (Fsp3) is 0.440. The van der Waals surface area contributed by atoms with Gasteiger partial charge in [0.05, 0.1) is 17.3 Å². The summed E-state index contributed by atoms with van der Waals surface area (Å²) >= 11 is 0. The van der Waals surface area contributed by atoms with E-state index >= 15 is 0 Å². The van der Waals surface area contributed by atoms with E-state index in [1.54, 1.807) is 28.0 Å². The number of nitrogens with zero attached hydrogens (tertiary/aromatic N) is 5. The highest BCUT2D eigenvalue weighted by Crippen LogP contribution is 2.32. The van der Waals surface area contributed by atoms with Crippen molar-refractivity contribution in [1.29, 1.82) is 0 Å². The number of aromatic nitrogens is 1. The smallest absolute Gasteiger partial charge is 0.414 e. The first kappa shape index (κ1) is 22.9. The summed E-state index contributed by atoms with van der Waals surface area (Å²) in [4.78, 5) is 50.1. The minimum absolute atomic E-state index is 0.128. The van der Waals surface area contributed by atoms with E-state index in [9.17, 15) is 14.4 Å². The van der Waals surface area contributed by atoms with Crippen LogP contribution in [0.2, 0.25) is 0 Å². The van der Waals surface area contributed by atoms with Crippen molar-refractivity contribution in [2.75, 3.05) is 60.6 Å². The first-order chi connectivity index (χ1) is 16.8. The summed E-state index contributed by atoms with van der Waals surface area (Å²) in [6.07, 6.45) is 1.44. The average Bonchev–Trinajstić information content (AvgIpc) is 3.42. The van der Waals surface area contributed by atoms with Gasteiger partial charge in [-0.3, -0.25) is 14.6 Å². The van der Waals surface area contributed by atoms with Gasteiger partial charge in [-0.2, -0.15) is 0 Å². The van der Waals surface area contributed by atoms with Crippen LogP contribution in [-0.2, 0) is 4.74 Å². The zero-order valence-electron chi connectivity index (χ0n) is 20.3. The second-order valence-electron chi connectivity index (χ2n) is 9.31. The molecule has 10 heteroatoms. The third-order valence-corrected chi connectivity index (χ3v) is 6.78. The van der Waals surface area contributed by atoms with Crippen molar-refractivity contribution < 1.29 is 19.1 Å². The van der Waals surface area contributed by atoms with Crippen LogP contribution in [0.5, 0.6) is 0 Å². The van der Waals surface area contributed by atoms with Crippen molar-refractivity contribution >= 4 is 35.2 Å². The van der Waals surface area contributed by atoms with Gasteiger partial charge in [-0.05, 0) is 50.1 Å². The minimum Gasteiger partial charge on any atom is -0.447 e. The standard InChI is InChI=1S/C25H30N6O4/c1-16-12-17(2)22(27-14-16)28-8-10-29(11-9-28)23(32)20-5-4-19(31-18(3)15-35-25(31)34)13-21(20)30-7-6-26-24(30)33/h4-5,12-14,18H,6-11,15H2,1-3H3,(H,26,33)/t18-/m1/s1. The largest absolute Gasteiger partial charge is 0.447 e. The summed E-state index contributed by atoms with van der Waals surface area (Å²) in [5.41, 5.74) is 3.81.